The van der Waals surface area contributed by atoms with Crippen LogP contribution in [0.3, 0.4) is 0 Å². The van der Waals surface area contributed by atoms with Crippen molar-refractivity contribution < 1.29 is 14.3 Å². The summed E-state index contributed by atoms with van der Waals surface area (Å²) in [6.45, 7) is 3.24. The Morgan fingerprint density at radius 2 is 2.35 bits per heavy atom. The minimum absolute atomic E-state index is 0.251. The first-order valence-electron chi connectivity index (χ1n) is 6.79. The third-order valence-electron chi connectivity index (χ3n) is 4.24. The summed E-state index contributed by atoms with van der Waals surface area (Å²) in [6, 6.07) is 4.29. The Hall–Kier alpha value is -1.88. The number of benzene rings is 1. The summed E-state index contributed by atoms with van der Waals surface area (Å²) < 4.78 is 13.2. The van der Waals surface area contributed by atoms with Gasteiger partial charge in [-0.3, -0.25) is 9.69 Å². The molecule has 0 aliphatic carbocycles. The van der Waals surface area contributed by atoms with Crippen molar-refractivity contribution >= 4 is 16.9 Å². The average Bonchev–Trinajstić information content (AvgIpc) is 3.02. The van der Waals surface area contributed by atoms with E-state index < -0.39 is 12.0 Å². The standard InChI is InChI=1S/C15H17FN2O2/c1-9(15(19)20)18-5-4-10(8-18)13-7-17-14-6-11(16)2-3-12(13)14/h2-3,6-7,9-10,17H,4-5,8H2,1H3,(H,19,20). The van der Waals surface area contributed by atoms with Crippen LogP contribution in [0.4, 0.5) is 4.39 Å². The number of fused-ring (bicyclic) bond motifs is 1. The van der Waals surface area contributed by atoms with E-state index in [1.165, 1.54) is 12.1 Å². The van der Waals surface area contributed by atoms with Crippen molar-refractivity contribution in [2.45, 2.75) is 25.3 Å². The van der Waals surface area contributed by atoms with Gasteiger partial charge >= 0.3 is 5.97 Å². The molecule has 0 saturated carbocycles. The number of H-pyrrole nitrogens is 1. The summed E-state index contributed by atoms with van der Waals surface area (Å²) in [5.74, 6) is -0.735. The molecule has 1 aromatic heterocycles. The minimum atomic E-state index is -0.786. The van der Waals surface area contributed by atoms with Gasteiger partial charge in [-0.1, -0.05) is 0 Å². The lowest BCUT2D eigenvalue weighted by Crippen LogP contribution is -2.37. The molecule has 4 nitrogen and oxygen atoms in total. The number of halogens is 1. The number of aliphatic carboxylic acids is 1. The summed E-state index contributed by atoms with van der Waals surface area (Å²) in [5.41, 5.74) is 1.95. The van der Waals surface area contributed by atoms with Gasteiger partial charge in [-0.2, -0.15) is 0 Å². The van der Waals surface area contributed by atoms with E-state index in [4.69, 9.17) is 5.11 Å². The lowest BCUT2D eigenvalue weighted by atomic mass is 9.98. The number of nitrogens with zero attached hydrogens (tertiary/aromatic N) is 1. The van der Waals surface area contributed by atoms with Crippen molar-refractivity contribution in [2.75, 3.05) is 13.1 Å². The molecule has 1 fully saturated rings. The van der Waals surface area contributed by atoms with Crippen LogP contribution < -0.4 is 0 Å². The van der Waals surface area contributed by atoms with Crippen molar-refractivity contribution in [3.05, 3.63) is 35.8 Å². The molecular weight excluding hydrogens is 259 g/mol. The summed E-state index contributed by atoms with van der Waals surface area (Å²) >= 11 is 0. The second-order valence-corrected chi connectivity index (χ2v) is 5.43. The molecule has 5 heteroatoms. The zero-order chi connectivity index (χ0) is 14.3. The smallest absolute Gasteiger partial charge is 0.320 e. The fourth-order valence-electron chi connectivity index (χ4n) is 3.01. The predicted octanol–water partition coefficient (Wildman–Crippen LogP) is 2.57. The molecule has 2 heterocycles. The van der Waals surface area contributed by atoms with Crippen molar-refractivity contribution in [3.8, 4) is 0 Å². The average molecular weight is 276 g/mol. The minimum Gasteiger partial charge on any atom is -0.480 e. The van der Waals surface area contributed by atoms with Gasteiger partial charge in [-0.05, 0) is 49.6 Å². The van der Waals surface area contributed by atoms with Crippen molar-refractivity contribution in [1.82, 2.24) is 9.88 Å². The second-order valence-electron chi connectivity index (χ2n) is 5.43. The van der Waals surface area contributed by atoms with Gasteiger partial charge in [0.25, 0.3) is 0 Å². The molecule has 2 N–H and O–H groups in total. The normalized spacial score (nSPS) is 21.4. The lowest BCUT2D eigenvalue weighted by molar-refractivity contribution is -0.142. The van der Waals surface area contributed by atoms with E-state index in [1.807, 2.05) is 11.1 Å². The molecule has 0 radical (unpaired) electrons. The van der Waals surface area contributed by atoms with E-state index in [-0.39, 0.29) is 5.82 Å². The van der Waals surface area contributed by atoms with E-state index in [0.717, 1.165) is 36.0 Å². The van der Waals surface area contributed by atoms with E-state index >= 15 is 0 Å². The van der Waals surface area contributed by atoms with E-state index in [9.17, 15) is 9.18 Å². The highest BCUT2D eigenvalue weighted by Crippen LogP contribution is 2.33. The Labute approximate surface area is 116 Å². The van der Waals surface area contributed by atoms with Gasteiger partial charge in [-0.15, -0.1) is 0 Å². The molecule has 1 aromatic carbocycles. The summed E-state index contributed by atoms with van der Waals surface area (Å²) in [4.78, 5) is 16.1. The van der Waals surface area contributed by atoms with Gasteiger partial charge < -0.3 is 10.1 Å². The highest BCUT2D eigenvalue weighted by molar-refractivity contribution is 5.83. The summed E-state index contributed by atoms with van der Waals surface area (Å²) in [6.07, 6.45) is 2.85. The van der Waals surface area contributed by atoms with Gasteiger partial charge in [0.1, 0.15) is 11.9 Å². The first-order valence-corrected chi connectivity index (χ1v) is 6.79. The number of carbonyl (C=O) groups is 1. The summed E-state index contributed by atoms with van der Waals surface area (Å²) in [7, 11) is 0. The van der Waals surface area contributed by atoms with Crippen LogP contribution in [0, 0.1) is 5.82 Å². The van der Waals surface area contributed by atoms with Gasteiger partial charge in [-0.25, -0.2) is 4.39 Å². The number of carboxylic acid groups (broad SMARTS) is 1. The molecule has 2 atom stereocenters. The number of aromatic amines is 1. The molecule has 0 amide bonds. The molecule has 2 unspecified atom stereocenters. The van der Waals surface area contributed by atoms with E-state index in [1.54, 1.807) is 13.0 Å². The van der Waals surface area contributed by atoms with E-state index in [0.29, 0.717) is 5.92 Å². The molecule has 1 aliphatic rings. The van der Waals surface area contributed by atoms with Crippen LogP contribution in [0.5, 0.6) is 0 Å². The number of carboxylic acids is 1. The highest BCUT2D eigenvalue weighted by Gasteiger charge is 2.31. The summed E-state index contributed by atoms with van der Waals surface area (Å²) in [5, 5.41) is 10.1. The van der Waals surface area contributed by atoms with Crippen LogP contribution in [0.25, 0.3) is 10.9 Å². The predicted molar refractivity (Wildman–Crippen MR) is 74.3 cm³/mol. The molecule has 0 bridgehead atoms. The third-order valence-corrected chi connectivity index (χ3v) is 4.24. The monoisotopic (exact) mass is 276 g/mol. The Balaban J connectivity index is 1.84. The van der Waals surface area contributed by atoms with Crippen LogP contribution in [0.15, 0.2) is 24.4 Å². The number of aromatic nitrogens is 1. The SMILES string of the molecule is CC(C(=O)O)N1CCC(c2c[nH]c3cc(F)ccc23)C1. The van der Waals surface area contributed by atoms with Gasteiger partial charge in [0.15, 0.2) is 0 Å². The number of hydrogen-bond donors (Lipinski definition) is 2. The van der Waals surface area contributed by atoms with Crippen molar-refractivity contribution in [2.24, 2.45) is 0 Å². The van der Waals surface area contributed by atoms with Crippen molar-refractivity contribution in [1.29, 1.82) is 0 Å². The Bertz CT molecular complexity index is 652. The van der Waals surface area contributed by atoms with Gasteiger partial charge in [0, 0.05) is 23.6 Å². The Morgan fingerprint density at radius 3 is 3.10 bits per heavy atom. The highest BCUT2D eigenvalue weighted by atomic mass is 19.1. The maximum absolute atomic E-state index is 13.2. The fourth-order valence-corrected chi connectivity index (χ4v) is 3.01. The van der Waals surface area contributed by atoms with Gasteiger partial charge in [0.2, 0.25) is 0 Å². The number of rotatable bonds is 3. The van der Waals surface area contributed by atoms with Crippen LogP contribution in [0.1, 0.15) is 24.8 Å². The molecule has 0 spiro atoms. The molecule has 20 heavy (non-hydrogen) atoms. The Kier molecular flexibility index (Phi) is 3.22. The van der Waals surface area contributed by atoms with Crippen LogP contribution >= 0.6 is 0 Å². The second kappa shape index (κ2) is 4.90. The molecule has 1 saturated heterocycles. The molecule has 2 aromatic rings. The number of nitrogens with one attached hydrogen (secondary N) is 1. The zero-order valence-corrected chi connectivity index (χ0v) is 11.3. The Morgan fingerprint density at radius 1 is 1.55 bits per heavy atom. The van der Waals surface area contributed by atoms with E-state index in [2.05, 4.69) is 4.98 Å². The largest absolute Gasteiger partial charge is 0.480 e. The molecule has 3 rings (SSSR count). The van der Waals surface area contributed by atoms with Crippen LogP contribution in [0.2, 0.25) is 0 Å². The molecule has 106 valence electrons. The first-order chi connectivity index (χ1) is 9.56. The molecular formula is C15H17FN2O2. The quantitative estimate of drug-likeness (QED) is 0.906. The number of hydrogen-bond acceptors (Lipinski definition) is 2. The fraction of sp³-hybridized carbons (Fsp3) is 0.400. The van der Waals surface area contributed by atoms with Crippen LogP contribution in [-0.2, 0) is 4.79 Å². The topological polar surface area (TPSA) is 56.3 Å². The first kappa shape index (κ1) is 13.1. The molecule has 1 aliphatic heterocycles. The third kappa shape index (κ3) is 2.18. The number of likely N-dealkylation sites (tertiary alicyclic amines) is 1. The van der Waals surface area contributed by atoms with Crippen molar-refractivity contribution in [3.63, 3.8) is 0 Å². The lowest BCUT2D eigenvalue weighted by Gasteiger charge is -2.20. The maximum Gasteiger partial charge on any atom is 0.320 e. The van der Waals surface area contributed by atoms with Crippen LogP contribution in [-0.4, -0.2) is 40.1 Å². The van der Waals surface area contributed by atoms with Gasteiger partial charge in [0.05, 0.1) is 0 Å². The maximum atomic E-state index is 13.2. The zero-order valence-electron chi connectivity index (χ0n) is 11.3.